The highest BCUT2D eigenvalue weighted by atomic mass is 16.5. The Morgan fingerprint density at radius 3 is 2.45 bits per heavy atom. The van der Waals surface area contributed by atoms with Crippen molar-refractivity contribution in [1.82, 2.24) is 10.2 Å². The lowest BCUT2D eigenvalue weighted by molar-refractivity contribution is -0.122. The molecule has 0 heterocycles. The number of likely N-dealkylation sites (N-methyl/N-ethyl adjacent to an activating group) is 1. The van der Waals surface area contributed by atoms with Crippen LogP contribution in [0, 0.1) is 0 Å². The fourth-order valence-electron chi connectivity index (χ4n) is 1.93. The first-order valence-corrected chi connectivity index (χ1v) is 7.29. The van der Waals surface area contributed by atoms with Gasteiger partial charge in [0.1, 0.15) is 18.1 Å². The smallest absolute Gasteiger partial charge is 0.234 e. The van der Waals surface area contributed by atoms with Crippen LogP contribution >= 0.6 is 0 Å². The summed E-state index contributed by atoms with van der Waals surface area (Å²) in [5.74, 6) is 1.56. The summed E-state index contributed by atoms with van der Waals surface area (Å²) in [4.78, 5) is 13.7. The quantitative estimate of drug-likeness (QED) is 0.703. The number of carbonyl (C=O) groups excluding carboxylic acids is 1. The van der Waals surface area contributed by atoms with Gasteiger partial charge in [0.05, 0.1) is 20.3 Å². The standard InChI is InChI=1S/C16H26N2O4/c1-13(12-20-3)17-16(19)11-18(2)9-10-22-15-7-5-14(21-4)6-8-15/h5-8,13H,9-12H2,1-4H3,(H,17,19). The van der Waals surface area contributed by atoms with E-state index in [2.05, 4.69) is 5.32 Å². The minimum Gasteiger partial charge on any atom is -0.497 e. The molecule has 0 saturated carbocycles. The van der Waals surface area contributed by atoms with E-state index < -0.39 is 0 Å². The van der Waals surface area contributed by atoms with Crippen LogP contribution in [0.3, 0.4) is 0 Å². The molecule has 1 atom stereocenters. The van der Waals surface area contributed by atoms with Crippen LogP contribution < -0.4 is 14.8 Å². The maximum Gasteiger partial charge on any atom is 0.234 e. The lowest BCUT2D eigenvalue weighted by Crippen LogP contribution is -2.42. The number of amides is 1. The van der Waals surface area contributed by atoms with Crippen molar-refractivity contribution in [1.29, 1.82) is 0 Å². The Morgan fingerprint density at radius 2 is 1.86 bits per heavy atom. The Labute approximate surface area is 132 Å². The lowest BCUT2D eigenvalue weighted by Gasteiger charge is -2.18. The molecule has 124 valence electrons. The molecule has 0 aromatic heterocycles. The fourth-order valence-corrected chi connectivity index (χ4v) is 1.93. The predicted molar refractivity (Wildman–Crippen MR) is 85.5 cm³/mol. The maximum absolute atomic E-state index is 11.8. The summed E-state index contributed by atoms with van der Waals surface area (Å²) >= 11 is 0. The highest BCUT2D eigenvalue weighted by Gasteiger charge is 2.09. The van der Waals surface area contributed by atoms with Crippen molar-refractivity contribution in [3.8, 4) is 11.5 Å². The van der Waals surface area contributed by atoms with Gasteiger partial charge in [0.15, 0.2) is 0 Å². The molecule has 0 aliphatic carbocycles. The molecule has 1 N–H and O–H groups in total. The number of carbonyl (C=O) groups is 1. The van der Waals surface area contributed by atoms with Gasteiger partial charge >= 0.3 is 0 Å². The molecule has 0 fully saturated rings. The summed E-state index contributed by atoms with van der Waals surface area (Å²) < 4.78 is 15.7. The molecule has 0 aliphatic heterocycles. The van der Waals surface area contributed by atoms with Crippen molar-refractivity contribution in [2.75, 3.05) is 47.6 Å². The van der Waals surface area contributed by atoms with Crippen molar-refractivity contribution >= 4 is 5.91 Å². The highest BCUT2D eigenvalue weighted by Crippen LogP contribution is 2.16. The number of nitrogens with zero attached hydrogens (tertiary/aromatic N) is 1. The van der Waals surface area contributed by atoms with E-state index in [-0.39, 0.29) is 11.9 Å². The Hall–Kier alpha value is -1.79. The molecule has 6 heteroatoms. The van der Waals surface area contributed by atoms with Gasteiger partial charge in [0, 0.05) is 19.7 Å². The van der Waals surface area contributed by atoms with E-state index in [4.69, 9.17) is 14.2 Å². The van der Waals surface area contributed by atoms with Gasteiger partial charge < -0.3 is 19.5 Å². The van der Waals surface area contributed by atoms with E-state index in [1.807, 2.05) is 43.1 Å². The van der Waals surface area contributed by atoms with Gasteiger partial charge in [-0.2, -0.15) is 0 Å². The summed E-state index contributed by atoms with van der Waals surface area (Å²) in [6.07, 6.45) is 0. The van der Waals surface area contributed by atoms with Crippen LogP contribution in [0.5, 0.6) is 11.5 Å². The van der Waals surface area contributed by atoms with E-state index in [1.54, 1.807) is 14.2 Å². The van der Waals surface area contributed by atoms with E-state index in [9.17, 15) is 4.79 Å². The molecular weight excluding hydrogens is 284 g/mol. The minimum atomic E-state index is -0.0171. The third-order valence-electron chi connectivity index (χ3n) is 3.04. The summed E-state index contributed by atoms with van der Waals surface area (Å²) in [7, 11) is 5.13. The summed E-state index contributed by atoms with van der Waals surface area (Å²) in [6, 6.07) is 7.44. The zero-order chi connectivity index (χ0) is 16.4. The molecule has 1 unspecified atom stereocenters. The number of methoxy groups -OCH3 is 2. The van der Waals surface area contributed by atoms with Crippen LogP contribution in [0.25, 0.3) is 0 Å². The van der Waals surface area contributed by atoms with Crippen LogP contribution in [0.1, 0.15) is 6.92 Å². The van der Waals surface area contributed by atoms with E-state index >= 15 is 0 Å². The number of benzene rings is 1. The molecule has 0 spiro atoms. The number of hydrogen-bond acceptors (Lipinski definition) is 5. The third kappa shape index (κ3) is 7.28. The summed E-state index contributed by atoms with van der Waals surface area (Å²) in [5.41, 5.74) is 0. The number of rotatable bonds is 10. The number of hydrogen-bond donors (Lipinski definition) is 1. The second-order valence-corrected chi connectivity index (χ2v) is 5.19. The zero-order valence-corrected chi connectivity index (χ0v) is 13.8. The topological polar surface area (TPSA) is 60.0 Å². The molecule has 0 aliphatic rings. The van der Waals surface area contributed by atoms with E-state index in [1.165, 1.54) is 0 Å². The van der Waals surface area contributed by atoms with Gasteiger partial charge in [-0.25, -0.2) is 0 Å². The van der Waals surface area contributed by atoms with Crippen LogP contribution in [-0.2, 0) is 9.53 Å². The summed E-state index contributed by atoms with van der Waals surface area (Å²) in [6.45, 7) is 3.94. The molecule has 1 amide bonds. The van der Waals surface area contributed by atoms with Crippen molar-refractivity contribution in [3.05, 3.63) is 24.3 Å². The van der Waals surface area contributed by atoms with Crippen molar-refractivity contribution in [2.24, 2.45) is 0 Å². The third-order valence-corrected chi connectivity index (χ3v) is 3.04. The maximum atomic E-state index is 11.8. The second kappa shape index (κ2) is 10.0. The Morgan fingerprint density at radius 1 is 1.23 bits per heavy atom. The Kier molecular flexibility index (Phi) is 8.32. The van der Waals surface area contributed by atoms with Gasteiger partial charge in [-0.15, -0.1) is 0 Å². The average molecular weight is 310 g/mol. The number of nitrogens with one attached hydrogen (secondary N) is 1. The average Bonchev–Trinajstić information content (AvgIpc) is 2.47. The van der Waals surface area contributed by atoms with Gasteiger partial charge in [0.25, 0.3) is 0 Å². The SMILES string of the molecule is COCC(C)NC(=O)CN(C)CCOc1ccc(OC)cc1. The van der Waals surface area contributed by atoms with E-state index in [0.717, 1.165) is 11.5 Å². The zero-order valence-electron chi connectivity index (χ0n) is 13.8. The lowest BCUT2D eigenvalue weighted by atomic mass is 10.3. The van der Waals surface area contributed by atoms with Crippen LogP contribution in [-0.4, -0.2) is 64.4 Å². The monoisotopic (exact) mass is 310 g/mol. The van der Waals surface area contributed by atoms with Gasteiger partial charge in [0.2, 0.25) is 5.91 Å². The number of ether oxygens (including phenoxy) is 3. The van der Waals surface area contributed by atoms with E-state index in [0.29, 0.717) is 26.3 Å². The van der Waals surface area contributed by atoms with Crippen LogP contribution in [0.2, 0.25) is 0 Å². The van der Waals surface area contributed by atoms with Gasteiger partial charge in [-0.3, -0.25) is 9.69 Å². The molecule has 1 rings (SSSR count). The molecule has 0 saturated heterocycles. The van der Waals surface area contributed by atoms with Gasteiger partial charge in [-0.1, -0.05) is 0 Å². The molecule has 1 aromatic rings. The predicted octanol–water partition coefficient (Wildman–Crippen LogP) is 1.16. The molecular formula is C16H26N2O4. The first-order valence-electron chi connectivity index (χ1n) is 7.29. The first-order chi connectivity index (χ1) is 10.5. The Balaban J connectivity index is 2.21. The van der Waals surface area contributed by atoms with Crippen molar-refractivity contribution in [2.45, 2.75) is 13.0 Å². The van der Waals surface area contributed by atoms with Crippen molar-refractivity contribution in [3.63, 3.8) is 0 Å². The normalized spacial score (nSPS) is 12.0. The van der Waals surface area contributed by atoms with Gasteiger partial charge in [-0.05, 0) is 38.2 Å². The van der Waals surface area contributed by atoms with Crippen LogP contribution in [0.15, 0.2) is 24.3 Å². The van der Waals surface area contributed by atoms with Crippen molar-refractivity contribution < 1.29 is 19.0 Å². The molecule has 22 heavy (non-hydrogen) atoms. The highest BCUT2D eigenvalue weighted by molar-refractivity contribution is 5.78. The molecule has 0 radical (unpaired) electrons. The fraction of sp³-hybridized carbons (Fsp3) is 0.562. The van der Waals surface area contributed by atoms with Crippen LogP contribution in [0.4, 0.5) is 0 Å². The minimum absolute atomic E-state index is 0.0152. The molecule has 0 bridgehead atoms. The second-order valence-electron chi connectivity index (χ2n) is 5.19. The first kappa shape index (κ1) is 18.3. The Bertz CT molecular complexity index is 436. The molecule has 1 aromatic carbocycles. The largest absolute Gasteiger partial charge is 0.497 e. The summed E-state index contributed by atoms with van der Waals surface area (Å²) in [5, 5.41) is 2.87. The molecule has 6 nitrogen and oxygen atoms in total.